The van der Waals surface area contributed by atoms with Crippen LogP contribution in [-0.4, -0.2) is 47.8 Å². The van der Waals surface area contributed by atoms with E-state index >= 15 is 0 Å². The van der Waals surface area contributed by atoms with Crippen LogP contribution in [0.15, 0.2) is 78.9 Å². The summed E-state index contributed by atoms with van der Waals surface area (Å²) in [6, 6.07) is 26.7. The first-order valence-electron chi connectivity index (χ1n) is 11.0. The molecule has 5 heteroatoms. The first kappa shape index (κ1) is 21.8. The van der Waals surface area contributed by atoms with Crippen LogP contribution in [0.4, 0.5) is 5.69 Å². The number of anilines is 1. The SMILES string of the molecule is Cc1ccc(NC(=O)C(=O)N2CCN(C(c3ccccc3)c3ccccc3)CC2)cc1C. The molecule has 164 valence electrons. The van der Waals surface area contributed by atoms with Gasteiger partial charge >= 0.3 is 11.8 Å². The van der Waals surface area contributed by atoms with Crippen molar-refractivity contribution < 1.29 is 9.59 Å². The minimum Gasteiger partial charge on any atom is -0.332 e. The van der Waals surface area contributed by atoms with E-state index in [1.165, 1.54) is 11.1 Å². The zero-order valence-electron chi connectivity index (χ0n) is 18.6. The van der Waals surface area contributed by atoms with Gasteiger partial charge in [-0.25, -0.2) is 0 Å². The average molecular weight is 428 g/mol. The summed E-state index contributed by atoms with van der Waals surface area (Å²) in [5.74, 6) is -1.05. The van der Waals surface area contributed by atoms with Gasteiger partial charge < -0.3 is 10.2 Å². The monoisotopic (exact) mass is 427 g/mol. The van der Waals surface area contributed by atoms with Crippen LogP contribution in [0.2, 0.25) is 0 Å². The Morgan fingerprint density at radius 1 is 0.750 bits per heavy atom. The zero-order valence-corrected chi connectivity index (χ0v) is 18.6. The Balaban J connectivity index is 1.42. The van der Waals surface area contributed by atoms with E-state index in [-0.39, 0.29) is 6.04 Å². The van der Waals surface area contributed by atoms with Crippen molar-refractivity contribution in [2.75, 3.05) is 31.5 Å². The molecule has 0 spiro atoms. The molecule has 3 aromatic carbocycles. The standard InChI is InChI=1S/C27H29N3O2/c1-20-13-14-24(19-21(20)2)28-26(31)27(32)30-17-15-29(16-18-30)25(22-9-5-3-6-10-22)23-11-7-4-8-12-23/h3-14,19,25H,15-18H2,1-2H3,(H,28,31). The second kappa shape index (κ2) is 9.79. The highest BCUT2D eigenvalue weighted by Gasteiger charge is 2.30. The molecule has 0 atom stereocenters. The quantitative estimate of drug-likeness (QED) is 0.636. The van der Waals surface area contributed by atoms with Gasteiger partial charge in [0.15, 0.2) is 0 Å². The van der Waals surface area contributed by atoms with Gasteiger partial charge in [0, 0.05) is 31.9 Å². The minimum atomic E-state index is -0.579. The number of hydrogen-bond acceptors (Lipinski definition) is 3. The number of aryl methyl sites for hydroxylation is 2. The minimum absolute atomic E-state index is 0.124. The normalized spacial score (nSPS) is 14.4. The van der Waals surface area contributed by atoms with Gasteiger partial charge in [0.05, 0.1) is 6.04 Å². The van der Waals surface area contributed by atoms with Crippen LogP contribution in [-0.2, 0) is 9.59 Å². The smallest absolute Gasteiger partial charge is 0.313 e. The molecule has 1 saturated heterocycles. The number of carbonyl (C=O) groups is 2. The number of rotatable bonds is 4. The number of amides is 2. The highest BCUT2D eigenvalue weighted by Crippen LogP contribution is 2.29. The fraction of sp³-hybridized carbons (Fsp3) is 0.259. The van der Waals surface area contributed by atoms with Crippen molar-refractivity contribution in [3.63, 3.8) is 0 Å². The largest absolute Gasteiger partial charge is 0.332 e. The van der Waals surface area contributed by atoms with Gasteiger partial charge in [-0.05, 0) is 48.2 Å². The van der Waals surface area contributed by atoms with Crippen molar-refractivity contribution in [3.05, 3.63) is 101 Å². The van der Waals surface area contributed by atoms with E-state index in [1.807, 2.05) is 44.2 Å². The number of benzene rings is 3. The summed E-state index contributed by atoms with van der Waals surface area (Å²) in [6.07, 6.45) is 0. The third-order valence-corrected chi connectivity index (χ3v) is 6.16. The zero-order chi connectivity index (χ0) is 22.5. The molecule has 4 rings (SSSR count). The van der Waals surface area contributed by atoms with E-state index in [1.54, 1.807) is 4.90 Å². The Labute approximate surface area is 189 Å². The van der Waals surface area contributed by atoms with Gasteiger partial charge in [-0.15, -0.1) is 0 Å². The Morgan fingerprint density at radius 2 is 1.31 bits per heavy atom. The van der Waals surface area contributed by atoms with Crippen molar-refractivity contribution in [2.45, 2.75) is 19.9 Å². The lowest BCUT2D eigenvalue weighted by atomic mass is 9.96. The van der Waals surface area contributed by atoms with E-state index in [0.717, 1.165) is 11.1 Å². The van der Waals surface area contributed by atoms with Crippen molar-refractivity contribution >= 4 is 17.5 Å². The molecule has 0 unspecified atom stereocenters. The Hall–Kier alpha value is -3.44. The van der Waals surface area contributed by atoms with Gasteiger partial charge in [0.25, 0.3) is 0 Å². The molecular formula is C27H29N3O2. The van der Waals surface area contributed by atoms with Crippen molar-refractivity contribution in [1.29, 1.82) is 0 Å². The third-order valence-electron chi connectivity index (χ3n) is 6.16. The maximum absolute atomic E-state index is 12.8. The van der Waals surface area contributed by atoms with Gasteiger partial charge in [-0.2, -0.15) is 0 Å². The lowest BCUT2D eigenvalue weighted by Gasteiger charge is -2.39. The number of carbonyl (C=O) groups excluding carboxylic acids is 2. The Morgan fingerprint density at radius 3 is 1.84 bits per heavy atom. The van der Waals surface area contributed by atoms with E-state index in [4.69, 9.17) is 0 Å². The first-order chi connectivity index (χ1) is 15.5. The molecule has 0 bridgehead atoms. The van der Waals surface area contributed by atoms with E-state index in [2.05, 4.69) is 58.7 Å². The molecule has 1 aliphatic rings. The molecule has 32 heavy (non-hydrogen) atoms. The average Bonchev–Trinajstić information content (AvgIpc) is 2.83. The van der Waals surface area contributed by atoms with Crippen LogP contribution in [0, 0.1) is 13.8 Å². The third kappa shape index (κ3) is 4.89. The molecule has 0 radical (unpaired) electrons. The lowest BCUT2D eigenvalue weighted by molar-refractivity contribution is -0.144. The van der Waals surface area contributed by atoms with Crippen LogP contribution in [0.25, 0.3) is 0 Å². The topological polar surface area (TPSA) is 52.7 Å². The van der Waals surface area contributed by atoms with Gasteiger partial charge in [-0.1, -0.05) is 66.7 Å². The summed E-state index contributed by atoms with van der Waals surface area (Å²) < 4.78 is 0. The number of nitrogens with one attached hydrogen (secondary N) is 1. The molecule has 2 amide bonds. The second-order valence-corrected chi connectivity index (χ2v) is 8.31. The summed E-state index contributed by atoms with van der Waals surface area (Å²) in [4.78, 5) is 29.4. The number of hydrogen-bond donors (Lipinski definition) is 1. The molecule has 5 nitrogen and oxygen atoms in total. The van der Waals surface area contributed by atoms with Crippen LogP contribution in [0.5, 0.6) is 0 Å². The molecular weight excluding hydrogens is 398 g/mol. The molecule has 0 aromatic heterocycles. The van der Waals surface area contributed by atoms with Gasteiger partial charge in [-0.3, -0.25) is 14.5 Å². The first-order valence-corrected chi connectivity index (χ1v) is 11.0. The molecule has 0 aliphatic carbocycles. The molecule has 1 heterocycles. The number of piperazine rings is 1. The maximum atomic E-state index is 12.8. The summed E-state index contributed by atoms with van der Waals surface area (Å²) in [5, 5.41) is 2.75. The Bertz CT molecular complexity index is 1040. The molecule has 0 saturated carbocycles. The molecule has 1 aliphatic heterocycles. The van der Waals surface area contributed by atoms with E-state index in [0.29, 0.717) is 31.9 Å². The lowest BCUT2D eigenvalue weighted by Crippen LogP contribution is -2.52. The summed E-state index contributed by atoms with van der Waals surface area (Å²) >= 11 is 0. The van der Waals surface area contributed by atoms with Crippen LogP contribution < -0.4 is 5.32 Å². The fourth-order valence-corrected chi connectivity index (χ4v) is 4.22. The molecule has 3 aromatic rings. The van der Waals surface area contributed by atoms with Crippen molar-refractivity contribution in [1.82, 2.24) is 9.80 Å². The summed E-state index contributed by atoms with van der Waals surface area (Å²) in [7, 11) is 0. The fourth-order valence-electron chi connectivity index (χ4n) is 4.22. The van der Waals surface area contributed by atoms with Crippen LogP contribution in [0.3, 0.4) is 0 Å². The van der Waals surface area contributed by atoms with Crippen molar-refractivity contribution in [2.24, 2.45) is 0 Å². The summed E-state index contributed by atoms with van der Waals surface area (Å²) in [6.45, 7) is 6.46. The Kier molecular flexibility index (Phi) is 6.66. The van der Waals surface area contributed by atoms with Gasteiger partial charge in [0.2, 0.25) is 0 Å². The maximum Gasteiger partial charge on any atom is 0.313 e. The predicted molar refractivity (Wildman–Crippen MR) is 127 cm³/mol. The number of nitrogens with zero attached hydrogens (tertiary/aromatic N) is 2. The predicted octanol–water partition coefficient (Wildman–Crippen LogP) is 4.18. The van der Waals surface area contributed by atoms with E-state index < -0.39 is 11.8 Å². The molecule has 1 fully saturated rings. The van der Waals surface area contributed by atoms with Crippen LogP contribution >= 0.6 is 0 Å². The highest BCUT2D eigenvalue weighted by atomic mass is 16.2. The van der Waals surface area contributed by atoms with Crippen LogP contribution in [0.1, 0.15) is 28.3 Å². The summed E-state index contributed by atoms with van der Waals surface area (Å²) in [5.41, 5.74) is 5.34. The van der Waals surface area contributed by atoms with E-state index in [9.17, 15) is 9.59 Å². The molecule has 1 N–H and O–H groups in total. The second-order valence-electron chi connectivity index (χ2n) is 8.31. The van der Waals surface area contributed by atoms with Gasteiger partial charge in [0.1, 0.15) is 0 Å². The highest BCUT2D eigenvalue weighted by molar-refractivity contribution is 6.39. The van der Waals surface area contributed by atoms with Crippen molar-refractivity contribution in [3.8, 4) is 0 Å².